The first-order chi connectivity index (χ1) is 9.15. The van der Waals surface area contributed by atoms with Crippen molar-refractivity contribution in [3.05, 3.63) is 18.0 Å². The van der Waals surface area contributed by atoms with Crippen LogP contribution in [0.5, 0.6) is 0 Å². The maximum absolute atomic E-state index is 12.2. The second-order valence-corrected chi connectivity index (χ2v) is 5.96. The molecule has 104 valence electrons. The molecule has 0 spiro atoms. The largest absolute Gasteiger partial charge is 0.355 e. The summed E-state index contributed by atoms with van der Waals surface area (Å²) in [5.74, 6) is 1.30. The van der Waals surface area contributed by atoms with E-state index < -0.39 is 0 Å². The van der Waals surface area contributed by atoms with Gasteiger partial charge in [-0.2, -0.15) is 5.10 Å². The van der Waals surface area contributed by atoms with Gasteiger partial charge in [-0.15, -0.1) is 0 Å². The van der Waals surface area contributed by atoms with E-state index in [4.69, 9.17) is 5.73 Å². The van der Waals surface area contributed by atoms with E-state index in [1.54, 1.807) is 4.68 Å². The van der Waals surface area contributed by atoms with Crippen LogP contribution in [0.1, 0.15) is 25.0 Å². The van der Waals surface area contributed by atoms with Crippen molar-refractivity contribution in [1.82, 2.24) is 15.1 Å². The summed E-state index contributed by atoms with van der Waals surface area (Å²) < 4.78 is 1.78. The van der Waals surface area contributed by atoms with Crippen molar-refractivity contribution in [2.75, 3.05) is 6.54 Å². The van der Waals surface area contributed by atoms with Crippen LogP contribution in [-0.2, 0) is 18.3 Å². The molecule has 0 aliphatic heterocycles. The molecule has 0 aromatic carbocycles. The van der Waals surface area contributed by atoms with Crippen LogP contribution in [0.2, 0.25) is 0 Å². The molecule has 2 saturated carbocycles. The average molecular weight is 262 g/mol. The first-order valence-corrected chi connectivity index (χ1v) is 7.17. The zero-order valence-electron chi connectivity index (χ0n) is 11.4. The average Bonchev–Trinajstić information content (AvgIpc) is 3.05. The third-order valence-electron chi connectivity index (χ3n) is 4.73. The normalized spacial score (nSPS) is 32.7. The number of amides is 1. The number of nitrogens with zero attached hydrogens (tertiary/aromatic N) is 2. The molecule has 2 aliphatic rings. The molecule has 5 heteroatoms. The predicted molar refractivity (Wildman–Crippen MR) is 72.2 cm³/mol. The molecule has 2 bridgehead atoms. The van der Waals surface area contributed by atoms with E-state index in [2.05, 4.69) is 10.4 Å². The fraction of sp³-hybridized carbons (Fsp3) is 0.714. The summed E-state index contributed by atoms with van der Waals surface area (Å²) in [5, 5.41) is 7.33. The Labute approximate surface area is 113 Å². The van der Waals surface area contributed by atoms with Crippen LogP contribution in [-0.4, -0.2) is 28.3 Å². The highest BCUT2D eigenvalue weighted by molar-refractivity contribution is 5.80. The summed E-state index contributed by atoms with van der Waals surface area (Å²) in [4.78, 5) is 12.2. The molecule has 2 fully saturated rings. The number of nitrogens with one attached hydrogen (secondary N) is 1. The Balaban J connectivity index is 1.49. The van der Waals surface area contributed by atoms with E-state index in [9.17, 15) is 4.79 Å². The van der Waals surface area contributed by atoms with Crippen LogP contribution in [0.4, 0.5) is 0 Å². The highest BCUT2D eigenvalue weighted by Gasteiger charge is 2.48. The molecule has 3 rings (SSSR count). The van der Waals surface area contributed by atoms with Crippen molar-refractivity contribution in [2.45, 2.75) is 31.7 Å². The molecule has 3 N–H and O–H groups in total. The predicted octanol–water partition coefficient (Wildman–Crippen LogP) is 0.452. The molecular formula is C14H22N4O. The fourth-order valence-corrected chi connectivity index (χ4v) is 3.75. The summed E-state index contributed by atoms with van der Waals surface area (Å²) in [7, 11) is 1.90. The van der Waals surface area contributed by atoms with Gasteiger partial charge in [0.25, 0.3) is 0 Å². The molecule has 19 heavy (non-hydrogen) atoms. The molecule has 1 aromatic heterocycles. The van der Waals surface area contributed by atoms with Crippen LogP contribution >= 0.6 is 0 Å². The van der Waals surface area contributed by atoms with Crippen molar-refractivity contribution in [3.8, 4) is 0 Å². The minimum atomic E-state index is 0.0440. The third kappa shape index (κ3) is 2.39. The van der Waals surface area contributed by atoms with Gasteiger partial charge in [0.2, 0.25) is 5.91 Å². The molecule has 4 atom stereocenters. The number of nitrogens with two attached hydrogens (primary N) is 1. The smallest absolute Gasteiger partial charge is 0.224 e. The molecule has 5 nitrogen and oxygen atoms in total. The third-order valence-corrected chi connectivity index (χ3v) is 4.73. The minimum absolute atomic E-state index is 0.0440. The van der Waals surface area contributed by atoms with E-state index in [1.165, 1.54) is 12.8 Å². The van der Waals surface area contributed by atoms with Gasteiger partial charge in [0.05, 0.1) is 11.6 Å². The molecule has 1 heterocycles. The van der Waals surface area contributed by atoms with Gasteiger partial charge in [0.1, 0.15) is 0 Å². The van der Waals surface area contributed by atoms with E-state index in [-0.39, 0.29) is 17.9 Å². The van der Waals surface area contributed by atoms with Gasteiger partial charge in [-0.1, -0.05) is 0 Å². The van der Waals surface area contributed by atoms with Crippen molar-refractivity contribution in [3.63, 3.8) is 0 Å². The Bertz CT molecular complexity index is 468. The van der Waals surface area contributed by atoms with Gasteiger partial charge in [0, 0.05) is 32.3 Å². The van der Waals surface area contributed by atoms with Gasteiger partial charge < -0.3 is 11.1 Å². The summed E-state index contributed by atoms with van der Waals surface area (Å²) in [6.45, 7) is 0.649. The number of aryl methyl sites for hydroxylation is 1. The summed E-state index contributed by atoms with van der Waals surface area (Å²) >= 11 is 0. The quantitative estimate of drug-likeness (QED) is 0.827. The van der Waals surface area contributed by atoms with E-state index in [1.807, 2.05) is 19.3 Å². The lowest BCUT2D eigenvalue weighted by Crippen LogP contribution is -2.45. The molecule has 2 aliphatic carbocycles. The van der Waals surface area contributed by atoms with Gasteiger partial charge in [-0.3, -0.25) is 9.48 Å². The lowest BCUT2D eigenvalue weighted by molar-refractivity contribution is -0.127. The first kappa shape index (κ1) is 12.7. The van der Waals surface area contributed by atoms with Crippen LogP contribution in [0.25, 0.3) is 0 Å². The van der Waals surface area contributed by atoms with E-state index in [0.717, 1.165) is 18.5 Å². The first-order valence-electron chi connectivity index (χ1n) is 7.17. The highest BCUT2D eigenvalue weighted by atomic mass is 16.1. The topological polar surface area (TPSA) is 72.9 Å². The van der Waals surface area contributed by atoms with E-state index in [0.29, 0.717) is 18.4 Å². The maximum Gasteiger partial charge on any atom is 0.224 e. The maximum atomic E-state index is 12.2. The summed E-state index contributed by atoms with van der Waals surface area (Å²) in [6, 6.07) is 2.06. The van der Waals surface area contributed by atoms with Crippen molar-refractivity contribution >= 4 is 5.91 Å². The van der Waals surface area contributed by atoms with Crippen LogP contribution < -0.4 is 11.1 Å². The second kappa shape index (κ2) is 4.96. The summed E-state index contributed by atoms with van der Waals surface area (Å²) in [6.07, 6.45) is 6.24. The molecule has 4 unspecified atom stereocenters. The number of aromatic nitrogens is 2. The standard InChI is InChI=1S/C14H22N4O/c1-18-7-5-11(17-18)4-6-16-14(19)12-9-2-3-10(8-9)13(12)15/h5,7,9-10,12-13H,2-4,6,8,15H2,1H3,(H,16,19). The number of hydrogen-bond acceptors (Lipinski definition) is 3. The second-order valence-electron chi connectivity index (χ2n) is 5.96. The lowest BCUT2D eigenvalue weighted by Gasteiger charge is -2.26. The van der Waals surface area contributed by atoms with Gasteiger partial charge in [-0.05, 0) is 37.2 Å². The number of carbonyl (C=O) groups excluding carboxylic acids is 1. The molecule has 0 saturated heterocycles. The highest BCUT2D eigenvalue weighted by Crippen LogP contribution is 2.47. The fourth-order valence-electron chi connectivity index (χ4n) is 3.75. The lowest BCUT2D eigenvalue weighted by atomic mass is 9.84. The number of hydrogen-bond donors (Lipinski definition) is 2. The Morgan fingerprint density at radius 2 is 2.32 bits per heavy atom. The SMILES string of the molecule is Cn1ccc(CCNC(=O)C2C3CCC(C3)C2N)n1. The zero-order chi connectivity index (χ0) is 13.4. The monoisotopic (exact) mass is 262 g/mol. The molecule has 0 radical (unpaired) electrons. The van der Waals surface area contributed by atoms with Crippen LogP contribution in [0.15, 0.2) is 12.3 Å². The van der Waals surface area contributed by atoms with Gasteiger partial charge in [-0.25, -0.2) is 0 Å². The van der Waals surface area contributed by atoms with Gasteiger partial charge >= 0.3 is 0 Å². The number of fused-ring (bicyclic) bond motifs is 2. The van der Waals surface area contributed by atoms with Crippen molar-refractivity contribution < 1.29 is 4.79 Å². The number of rotatable bonds is 4. The Morgan fingerprint density at radius 3 is 2.95 bits per heavy atom. The number of carbonyl (C=O) groups is 1. The molecule has 1 aromatic rings. The zero-order valence-corrected chi connectivity index (χ0v) is 11.4. The molecular weight excluding hydrogens is 240 g/mol. The minimum Gasteiger partial charge on any atom is -0.355 e. The van der Waals surface area contributed by atoms with E-state index >= 15 is 0 Å². The Kier molecular flexibility index (Phi) is 3.31. The van der Waals surface area contributed by atoms with Crippen LogP contribution in [0.3, 0.4) is 0 Å². The van der Waals surface area contributed by atoms with Crippen molar-refractivity contribution in [2.24, 2.45) is 30.5 Å². The van der Waals surface area contributed by atoms with Crippen LogP contribution in [0, 0.1) is 17.8 Å². The van der Waals surface area contributed by atoms with Gasteiger partial charge in [0.15, 0.2) is 0 Å². The molecule has 1 amide bonds. The Morgan fingerprint density at radius 1 is 1.53 bits per heavy atom. The van der Waals surface area contributed by atoms with Crippen molar-refractivity contribution in [1.29, 1.82) is 0 Å². The summed E-state index contributed by atoms with van der Waals surface area (Å²) in [5.41, 5.74) is 7.19. The Hall–Kier alpha value is -1.36.